The van der Waals surface area contributed by atoms with Crippen molar-refractivity contribution in [3.8, 4) is 23.0 Å². The smallest absolute Gasteiger partial charge is 0.335 e. The monoisotopic (exact) mass is 517 g/mol. The number of rotatable bonds is 4. The summed E-state index contributed by atoms with van der Waals surface area (Å²) in [6.45, 7) is 0. The number of carbonyl (C=O) groups is 2. The van der Waals surface area contributed by atoms with Crippen molar-refractivity contribution in [1.29, 1.82) is 0 Å². The van der Waals surface area contributed by atoms with Gasteiger partial charge in [0.05, 0.1) is 9.99 Å². The topological polar surface area (TPSA) is 116 Å². The standard InChI is InChI=1S/C22H16INO6/c23-10-20(27)24-11-1-4-14(22(28)29)17(7-11)21-15-5-2-12(25)8-18(15)30-19-9-13(26)3-6-16(19)21/h1-9,21,25-26H,10H2,(H,24,27)(H,28,29). The van der Waals surface area contributed by atoms with Gasteiger partial charge in [-0.25, -0.2) is 4.79 Å². The zero-order valence-corrected chi connectivity index (χ0v) is 17.6. The number of hydrogen-bond donors (Lipinski definition) is 4. The van der Waals surface area contributed by atoms with Gasteiger partial charge in [-0.1, -0.05) is 34.7 Å². The second-order valence-corrected chi connectivity index (χ2v) is 7.53. The molecule has 0 saturated heterocycles. The number of anilines is 1. The van der Waals surface area contributed by atoms with Crippen LogP contribution in [-0.4, -0.2) is 31.6 Å². The van der Waals surface area contributed by atoms with Crippen molar-refractivity contribution >= 4 is 40.2 Å². The number of aromatic hydroxyl groups is 2. The minimum absolute atomic E-state index is 0.00220. The maximum Gasteiger partial charge on any atom is 0.335 e. The lowest BCUT2D eigenvalue weighted by atomic mass is 9.80. The van der Waals surface area contributed by atoms with E-state index < -0.39 is 11.9 Å². The van der Waals surface area contributed by atoms with Gasteiger partial charge in [-0.3, -0.25) is 4.79 Å². The van der Waals surface area contributed by atoms with E-state index in [1.54, 1.807) is 24.3 Å². The number of amides is 1. The molecule has 8 heteroatoms. The number of benzene rings is 3. The van der Waals surface area contributed by atoms with Crippen molar-refractivity contribution in [3.63, 3.8) is 0 Å². The average Bonchev–Trinajstić information content (AvgIpc) is 2.71. The van der Waals surface area contributed by atoms with Crippen LogP contribution in [0.3, 0.4) is 0 Å². The molecule has 3 aromatic rings. The second kappa shape index (κ2) is 7.86. The molecule has 1 heterocycles. The molecule has 1 amide bonds. The molecule has 30 heavy (non-hydrogen) atoms. The molecule has 0 aliphatic carbocycles. The molecular formula is C22H16INO6. The van der Waals surface area contributed by atoms with Crippen LogP contribution in [-0.2, 0) is 4.79 Å². The summed E-state index contributed by atoms with van der Waals surface area (Å²) in [5.41, 5.74) is 2.32. The Balaban J connectivity index is 1.96. The van der Waals surface area contributed by atoms with E-state index in [0.717, 1.165) is 0 Å². The van der Waals surface area contributed by atoms with Crippen molar-refractivity contribution in [2.75, 3.05) is 9.74 Å². The van der Waals surface area contributed by atoms with E-state index in [1.807, 2.05) is 22.6 Å². The van der Waals surface area contributed by atoms with Gasteiger partial charge in [0.2, 0.25) is 5.91 Å². The molecular weight excluding hydrogens is 501 g/mol. The molecule has 0 fully saturated rings. The third-order valence-corrected chi connectivity index (χ3v) is 5.53. The number of ether oxygens (including phenoxy) is 1. The highest BCUT2D eigenvalue weighted by atomic mass is 127. The highest BCUT2D eigenvalue weighted by molar-refractivity contribution is 14.1. The molecule has 0 radical (unpaired) electrons. The van der Waals surface area contributed by atoms with Gasteiger partial charge in [0.25, 0.3) is 0 Å². The lowest BCUT2D eigenvalue weighted by Gasteiger charge is -2.30. The molecule has 0 bridgehead atoms. The largest absolute Gasteiger partial charge is 0.508 e. The van der Waals surface area contributed by atoms with Crippen LogP contribution in [0.1, 0.15) is 33.0 Å². The van der Waals surface area contributed by atoms with Gasteiger partial charge >= 0.3 is 5.97 Å². The SMILES string of the molecule is O=C(CI)Nc1ccc(C(=O)O)c(C2c3ccc(O)cc3Oc3cc(O)ccc32)c1. The number of fused-ring (bicyclic) bond motifs is 2. The lowest BCUT2D eigenvalue weighted by Crippen LogP contribution is -2.17. The van der Waals surface area contributed by atoms with Gasteiger partial charge < -0.3 is 25.4 Å². The minimum atomic E-state index is -1.11. The first-order chi connectivity index (χ1) is 14.4. The summed E-state index contributed by atoms with van der Waals surface area (Å²) in [6.07, 6.45) is 0. The van der Waals surface area contributed by atoms with Crippen LogP contribution in [0.25, 0.3) is 0 Å². The Morgan fingerprint density at radius 2 is 1.50 bits per heavy atom. The molecule has 7 nitrogen and oxygen atoms in total. The number of phenolic OH excluding ortho intramolecular Hbond substituents is 2. The fraction of sp³-hybridized carbons (Fsp3) is 0.0909. The van der Waals surface area contributed by atoms with Gasteiger partial charge in [-0.05, 0) is 35.9 Å². The lowest BCUT2D eigenvalue weighted by molar-refractivity contribution is -0.113. The zero-order chi connectivity index (χ0) is 21.4. The Morgan fingerprint density at radius 3 is 2.03 bits per heavy atom. The maximum absolute atomic E-state index is 12.0. The maximum atomic E-state index is 12.0. The number of carbonyl (C=O) groups excluding carboxylic acids is 1. The fourth-order valence-electron chi connectivity index (χ4n) is 3.59. The number of carboxylic acid groups (broad SMARTS) is 1. The minimum Gasteiger partial charge on any atom is -0.508 e. The summed E-state index contributed by atoms with van der Waals surface area (Å²) in [6, 6.07) is 13.9. The Hall–Kier alpha value is -3.27. The number of aromatic carboxylic acids is 1. The van der Waals surface area contributed by atoms with Gasteiger partial charge in [0, 0.05) is 34.9 Å². The van der Waals surface area contributed by atoms with Gasteiger partial charge in [-0.15, -0.1) is 0 Å². The Morgan fingerprint density at radius 1 is 0.900 bits per heavy atom. The van der Waals surface area contributed by atoms with Crippen molar-refractivity contribution in [3.05, 3.63) is 76.9 Å². The van der Waals surface area contributed by atoms with Crippen molar-refractivity contribution in [1.82, 2.24) is 0 Å². The molecule has 1 aliphatic rings. The number of nitrogens with one attached hydrogen (secondary N) is 1. The van der Waals surface area contributed by atoms with Crippen LogP contribution in [0.5, 0.6) is 23.0 Å². The van der Waals surface area contributed by atoms with Crippen LogP contribution >= 0.6 is 22.6 Å². The molecule has 152 valence electrons. The van der Waals surface area contributed by atoms with E-state index in [0.29, 0.717) is 33.9 Å². The second-order valence-electron chi connectivity index (χ2n) is 6.77. The van der Waals surface area contributed by atoms with Gasteiger partial charge in [0.15, 0.2) is 0 Å². The number of alkyl halides is 1. The average molecular weight is 517 g/mol. The van der Waals surface area contributed by atoms with Crippen molar-refractivity contribution in [2.24, 2.45) is 0 Å². The van der Waals surface area contributed by atoms with Gasteiger partial charge in [-0.2, -0.15) is 0 Å². The molecule has 0 unspecified atom stereocenters. The van der Waals surface area contributed by atoms with Crippen molar-refractivity contribution in [2.45, 2.75) is 5.92 Å². The number of hydrogen-bond acceptors (Lipinski definition) is 5. The molecule has 1 aliphatic heterocycles. The molecule has 0 atom stereocenters. The van der Waals surface area contributed by atoms with E-state index >= 15 is 0 Å². The highest BCUT2D eigenvalue weighted by Crippen LogP contribution is 2.50. The first-order valence-corrected chi connectivity index (χ1v) is 10.5. The van der Waals surface area contributed by atoms with Gasteiger partial charge in [0.1, 0.15) is 23.0 Å². The summed E-state index contributed by atoms with van der Waals surface area (Å²) >= 11 is 1.95. The highest BCUT2D eigenvalue weighted by Gasteiger charge is 2.32. The van der Waals surface area contributed by atoms with E-state index in [-0.39, 0.29) is 27.4 Å². The van der Waals surface area contributed by atoms with Crippen LogP contribution in [0.15, 0.2) is 54.6 Å². The zero-order valence-electron chi connectivity index (χ0n) is 15.4. The molecule has 0 spiro atoms. The summed E-state index contributed by atoms with van der Waals surface area (Å²) in [5.74, 6) is -1.15. The van der Waals surface area contributed by atoms with Crippen LogP contribution in [0.4, 0.5) is 5.69 Å². The number of phenols is 2. The summed E-state index contributed by atoms with van der Waals surface area (Å²) in [7, 11) is 0. The van der Waals surface area contributed by atoms with Crippen LogP contribution in [0, 0.1) is 0 Å². The Kier molecular flexibility index (Phi) is 5.25. The van der Waals surface area contributed by atoms with Crippen molar-refractivity contribution < 1.29 is 29.6 Å². The molecule has 3 aromatic carbocycles. The Labute approximate surface area is 185 Å². The van der Waals surface area contributed by atoms with Crippen LogP contribution < -0.4 is 10.1 Å². The third-order valence-electron chi connectivity index (χ3n) is 4.83. The normalized spacial score (nSPS) is 12.4. The van der Waals surface area contributed by atoms with E-state index in [1.165, 1.54) is 30.3 Å². The predicted molar refractivity (Wildman–Crippen MR) is 118 cm³/mol. The third kappa shape index (κ3) is 3.65. The van der Waals surface area contributed by atoms with E-state index in [4.69, 9.17) is 4.74 Å². The Bertz CT molecular complexity index is 1120. The summed E-state index contributed by atoms with van der Waals surface area (Å²) in [5, 5.41) is 32.3. The number of carboxylic acids is 1. The van der Waals surface area contributed by atoms with Crippen LogP contribution in [0.2, 0.25) is 0 Å². The number of halogens is 1. The molecule has 4 rings (SSSR count). The first-order valence-electron chi connectivity index (χ1n) is 8.94. The molecule has 0 aromatic heterocycles. The fourth-order valence-corrected chi connectivity index (χ4v) is 3.78. The summed E-state index contributed by atoms with van der Waals surface area (Å²) in [4.78, 5) is 23.8. The first kappa shape index (κ1) is 20.0. The van der Waals surface area contributed by atoms with E-state index in [9.17, 15) is 24.9 Å². The molecule has 0 saturated carbocycles. The quantitative estimate of drug-likeness (QED) is 0.235. The molecule has 4 N–H and O–H groups in total. The summed E-state index contributed by atoms with van der Waals surface area (Å²) < 4.78 is 6.12. The van der Waals surface area contributed by atoms with E-state index in [2.05, 4.69) is 5.32 Å². The predicted octanol–water partition coefficient (Wildman–Crippen LogP) is 4.46.